The van der Waals surface area contributed by atoms with E-state index in [-0.39, 0.29) is 23.8 Å². The van der Waals surface area contributed by atoms with Crippen LogP contribution in [-0.4, -0.2) is 54.4 Å². The molecule has 1 aromatic carbocycles. The maximum atomic E-state index is 13.8. The molecule has 4 heterocycles. The van der Waals surface area contributed by atoms with Gasteiger partial charge in [-0.2, -0.15) is 13.2 Å². The van der Waals surface area contributed by atoms with Gasteiger partial charge >= 0.3 is 6.18 Å². The van der Waals surface area contributed by atoms with Crippen LogP contribution in [0.15, 0.2) is 36.8 Å². The molecule has 6 aliphatic rings. The molecule has 3 unspecified atom stereocenters. The fourth-order valence-electron chi connectivity index (χ4n) is 9.02. The first kappa shape index (κ1) is 22.1. The lowest BCUT2D eigenvalue weighted by atomic mass is 9.57. The van der Waals surface area contributed by atoms with Crippen LogP contribution in [0.1, 0.15) is 55.2 Å². The predicted octanol–water partition coefficient (Wildman–Crippen LogP) is 4.90. The largest absolute Gasteiger partial charge is 0.395 e. The van der Waals surface area contributed by atoms with Crippen molar-refractivity contribution in [1.82, 2.24) is 29.6 Å². The zero-order valence-corrected chi connectivity index (χ0v) is 21.3. The minimum Gasteiger partial charge on any atom is -0.354 e. The van der Waals surface area contributed by atoms with Crippen molar-refractivity contribution in [3.63, 3.8) is 0 Å². The molecule has 4 aliphatic carbocycles. The lowest BCUT2D eigenvalue weighted by molar-refractivity contribution is -0.220. The highest BCUT2D eigenvalue weighted by atomic mass is 35.5. The zero-order valence-electron chi connectivity index (χ0n) is 20.5. The van der Waals surface area contributed by atoms with E-state index in [1.54, 1.807) is 18.6 Å². The van der Waals surface area contributed by atoms with Crippen molar-refractivity contribution >= 4 is 17.4 Å². The molecule has 5 fully saturated rings. The minimum atomic E-state index is -4.11. The van der Waals surface area contributed by atoms with Crippen molar-refractivity contribution in [2.75, 3.05) is 18.0 Å². The molecule has 2 aromatic heterocycles. The summed E-state index contributed by atoms with van der Waals surface area (Å²) in [5.41, 5.74) is -0.109. The fraction of sp³-hybridized carbons (Fsp3) is 0.556. The molecule has 0 radical (unpaired) electrons. The molecule has 9 rings (SSSR count). The summed E-state index contributed by atoms with van der Waals surface area (Å²) in [5, 5.41) is 9.94. The molecule has 1 saturated heterocycles. The first-order chi connectivity index (χ1) is 18.2. The summed E-state index contributed by atoms with van der Waals surface area (Å²) >= 11 is 6.42. The Balaban J connectivity index is 1.01. The number of anilines is 1. The van der Waals surface area contributed by atoms with Gasteiger partial charge in [-0.25, -0.2) is 4.98 Å². The Labute approximate surface area is 222 Å². The van der Waals surface area contributed by atoms with Gasteiger partial charge in [-0.3, -0.25) is 14.5 Å². The third-order valence-electron chi connectivity index (χ3n) is 10.9. The van der Waals surface area contributed by atoms with Crippen LogP contribution in [0.2, 0.25) is 5.02 Å². The van der Waals surface area contributed by atoms with Gasteiger partial charge < -0.3 is 4.90 Å². The Hall–Kier alpha value is -2.72. The van der Waals surface area contributed by atoms with Gasteiger partial charge in [0.05, 0.1) is 23.8 Å². The predicted molar refractivity (Wildman–Crippen MR) is 132 cm³/mol. The first-order valence-electron chi connectivity index (χ1n) is 13.2. The van der Waals surface area contributed by atoms with Crippen molar-refractivity contribution in [2.45, 2.75) is 62.8 Å². The molecule has 196 valence electrons. The second-order valence-corrected chi connectivity index (χ2v) is 13.1. The molecule has 2 aliphatic heterocycles. The van der Waals surface area contributed by atoms with Crippen molar-refractivity contribution < 1.29 is 13.2 Å². The van der Waals surface area contributed by atoms with E-state index in [1.807, 2.05) is 18.2 Å². The zero-order chi connectivity index (χ0) is 25.7. The normalized spacial score (nSPS) is 34.2. The van der Waals surface area contributed by atoms with E-state index >= 15 is 0 Å². The summed E-state index contributed by atoms with van der Waals surface area (Å²) in [6.07, 6.45) is 4.28. The summed E-state index contributed by atoms with van der Waals surface area (Å²) in [4.78, 5) is 13.1. The SMILES string of the molecule is FC(F)(F)C12CC3(N4Cc5cc(Cl)ccc5-n5c(nnc5C5CC6(C5)CN(c5cnccn5)C6)C4)CC31C2. The molecule has 4 saturated carbocycles. The van der Waals surface area contributed by atoms with E-state index in [4.69, 9.17) is 11.6 Å². The summed E-state index contributed by atoms with van der Waals surface area (Å²) in [5.74, 6) is 2.99. The number of nitrogens with zero attached hydrogens (tertiary/aromatic N) is 7. The number of alkyl halides is 3. The highest BCUT2D eigenvalue weighted by Crippen LogP contribution is 3.00. The number of rotatable bonds is 3. The van der Waals surface area contributed by atoms with Gasteiger partial charge in [-0.1, -0.05) is 11.6 Å². The molecular formula is C27H25ClF3N7. The minimum absolute atomic E-state index is 0.202. The third-order valence-corrected chi connectivity index (χ3v) is 11.1. The van der Waals surface area contributed by atoms with Gasteiger partial charge in [0.25, 0.3) is 0 Å². The topological polar surface area (TPSA) is 63.0 Å². The Morgan fingerprint density at radius 1 is 1.00 bits per heavy atom. The third kappa shape index (κ3) is 2.48. The van der Waals surface area contributed by atoms with Gasteiger partial charge in [0.15, 0.2) is 5.82 Å². The molecule has 3 atom stereocenters. The van der Waals surface area contributed by atoms with E-state index in [0.717, 1.165) is 54.6 Å². The molecule has 7 nitrogen and oxygen atoms in total. The highest BCUT2D eigenvalue weighted by Gasteiger charge is 3.03. The van der Waals surface area contributed by atoms with Gasteiger partial charge in [-0.15, -0.1) is 10.2 Å². The molecule has 0 N–H and O–H groups in total. The van der Waals surface area contributed by atoms with Crippen LogP contribution >= 0.6 is 11.6 Å². The van der Waals surface area contributed by atoms with Crippen molar-refractivity contribution in [2.24, 2.45) is 16.2 Å². The van der Waals surface area contributed by atoms with Crippen LogP contribution in [0, 0.1) is 16.2 Å². The highest BCUT2D eigenvalue weighted by molar-refractivity contribution is 6.30. The molecule has 0 bridgehead atoms. The van der Waals surface area contributed by atoms with E-state index < -0.39 is 17.0 Å². The molecule has 11 heteroatoms. The van der Waals surface area contributed by atoms with E-state index in [2.05, 4.69) is 34.5 Å². The molecule has 38 heavy (non-hydrogen) atoms. The maximum absolute atomic E-state index is 13.8. The average molecular weight is 540 g/mol. The Bertz CT molecular complexity index is 1510. The van der Waals surface area contributed by atoms with Crippen LogP contribution in [-0.2, 0) is 13.1 Å². The smallest absolute Gasteiger partial charge is 0.354 e. The van der Waals surface area contributed by atoms with E-state index in [0.29, 0.717) is 30.5 Å². The Morgan fingerprint density at radius 2 is 1.84 bits per heavy atom. The van der Waals surface area contributed by atoms with Gasteiger partial charge in [0.2, 0.25) is 0 Å². The first-order valence-corrected chi connectivity index (χ1v) is 13.6. The van der Waals surface area contributed by atoms with Crippen LogP contribution in [0.25, 0.3) is 5.69 Å². The van der Waals surface area contributed by atoms with Crippen LogP contribution < -0.4 is 4.90 Å². The summed E-state index contributed by atoms with van der Waals surface area (Å²) < 4.78 is 43.7. The summed E-state index contributed by atoms with van der Waals surface area (Å²) in [7, 11) is 0. The molecule has 0 amide bonds. The number of benzene rings is 1. The maximum Gasteiger partial charge on any atom is 0.395 e. The fourth-order valence-corrected chi connectivity index (χ4v) is 9.22. The molecule has 3 aromatic rings. The number of aromatic nitrogens is 5. The number of hydrogen-bond acceptors (Lipinski definition) is 6. The lowest BCUT2D eigenvalue weighted by Crippen LogP contribution is -2.62. The van der Waals surface area contributed by atoms with Crippen molar-refractivity contribution in [1.29, 1.82) is 0 Å². The van der Waals surface area contributed by atoms with E-state index in [9.17, 15) is 13.2 Å². The average Bonchev–Trinajstić information content (AvgIpc) is 3.52. The Morgan fingerprint density at radius 3 is 2.55 bits per heavy atom. The standard InChI is InChI=1S/C27H25ClF3N7/c28-18-1-2-19-16(5-18)9-37(26-12-24(26)11-25(24,13-26)27(29,30)31)10-21-34-35-22(38(19)21)17-6-23(7-17)14-36(15-23)20-8-32-3-4-33-20/h1-5,8,17H,6-7,9-15H2. The number of fused-ring (bicyclic) bond motifs is 3. The second-order valence-electron chi connectivity index (χ2n) is 12.7. The second kappa shape index (κ2) is 6.53. The van der Waals surface area contributed by atoms with Gasteiger partial charge in [-0.05, 0) is 55.9 Å². The summed E-state index contributed by atoms with van der Waals surface area (Å²) in [6, 6.07) is 5.86. The van der Waals surface area contributed by atoms with E-state index in [1.165, 1.54) is 0 Å². The number of halogens is 4. The quantitative estimate of drug-likeness (QED) is 0.472. The monoisotopic (exact) mass is 539 g/mol. The van der Waals surface area contributed by atoms with Crippen LogP contribution in [0.4, 0.5) is 19.0 Å². The molecule has 2 spiro atoms. The van der Waals surface area contributed by atoms with Crippen molar-refractivity contribution in [3.8, 4) is 5.69 Å². The van der Waals surface area contributed by atoms with Crippen molar-refractivity contribution in [3.05, 3.63) is 59.0 Å². The number of hydrogen-bond donors (Lipinski definition) is 0. The lowest BCUT2D eigenvalue weighted by Gasteiger charge is -2.59. The summed E-state index contributed by atoms with van der Waals surface area (Å²) in [6.45, 7) is 3.02. The Kier molecular flexibility index (Phi) is 3.80. The van der Waals surface area contributed by atoms with Crippen LogP contribution in [0.5, 0.6) is 0 Å². The van der Waals surface area contributed by atoms with Gasteiger partial charge in [0, 0.05) is 59.3 Å². The molecular weight excluding hydrogens is 515 g/mol. The van der Waals surface area contributed by atoms with Crippen LogP contribution in [0.3, 0.4) is 0 Å². The van der Waals surface area contributed by atoms with Gasteiger partial charge in [0.1, 0.15) is 11.6 Å².